The summed E-state index contributed by atoms with van der Waals surface area (Å²) in [5, 5.41) is 14.7. The lowest BCUT2D eigenvalue weighted by Gasteiger charge is -2.10. The molecule has 3 aromatic rings. The number of amides is 1. The van der Waals surface area contributed by atoms with Crippen molar-refractivity contribution < 1.29 is 14.5 Å². The molecule has 28 heavy (non-hydrogen) atoms. The van der Waals surface area contributed by atoms with E-state index in [2.05, 4.69) is 10.5 Å². The maximum atomic E-state index is 12.1. The van der Waals surface area contributed by atoms with E-state index in [4.69, 9.17) is 4.74 Å². The standard InChI is InChI=1S/C20H18N4O4/c1-14-3-6-18(23(14)16-9-11-19(28-2)12-10-16)13-21-22-20(25)15-4-7-17(8-5-15)24(26)27/h3-13H,1-2H3,(H,22,25)/b21-13+. The van der Waals surface area contributed by atoms with Gasteiger partial charge in [0.2, 0.25) is 0 Å². The fourth-order valence-corrected chi connectivity index (χ4v) is 2.70. The molecule has 0 aliphatic carbocycles. The van der Waals surface area contributed by atoms with Gasteiger partial charge < -0.3 is 9.30 Å². The van der Waals surface area contributed by atoms with Crippen molar-refractivity contribution in [2.45, 2.75) is 6.92 Å². The van der Waals surface area contributed by atoms with Crippen LogP contribution < -0.4 is 10.2 Å². The van der Waals surface area contributed by atoms with Crippen molar-refractivity contribution in [3.8, 4) is 11.4 Å². The predicted molar refractivity (Wildman–Crippen MR) is 105 cm³/mol. The highest BCUT2D eigenvalue weighted by molar-refractivity contribution is 5.95. The van der Waals surface area contributed by atoms with E-state index >= 15 is 0 Å². The van der Waals surface area contributed by atoms with Gasteiger partial charge in [-0.2, -0.15) is 5.10 Å². The van der Waals surface area contributed by atoms with Gasteiger partial charge in [-0.25, -0.2) is 5.43 Å². The summed E-state index contributed by atoms with van der Waals surface area (Å²) in [7, 11) is 1.61. The number of ether oxygens (including phenoxy) is 1. The summed E-state index contributed by atoms with van der Waals surface area (Å²) >= 11 is 0. The fraction of sp³-hybridized carbons (Fsp3) is 0.100. The molecular formula is C20H18N4O4. The van der Waals surface area contributed by atoms with Gasteiger partial charge in [0.05, 0.1) is 23.9 Å². The van der Waals surface area contributed by atoms with Crippen molar-refractivity contribution in [2.24, 2.45) is 5.10 Å². The number of carbonyl (C=O) groups is 1. The third-order valence-corrected chi connectivity index (χ3v) is 4.14. The van der Waals surface area contributed by atoms with Crippen LogP contribution in [0, 0.1) is 17.0 Å². The van der Waals surface area contributed by atoms with Crippen molar-refractivity contribution in [1.82, 2.24) is 9.99 Å². The van der Waals surface area contributed by atoms with Crippen LogP contribution in [0.1, 0.15) is 21.7 Å². The minimum Gasteiger partial charge on any atom is -0.497 e. The highest BCUT2D eigenvalue weighted by Crippen LogP contribution is 2.19. The zero-order valence-electron chi connectivity index (χ0n) is 15.3. The number of aryl methyl sites for hydroxylation is 1. The van der Waals surface area contributed by atoms with E-state index in [1.165, 1.54) is 24.3 Å². The molecule has 0 atom stereocenters. The third-order valence-electron chi connectivity index (χ3n) is 4.14. The number of hydrogen-bond donors (Lipinski definition) is 1. The van der Waals surface area contributed by atoms with Crippen LogP contribution in [0.15, 0.2) is 65.8 Å². The minimum atomic E-state index is -0.518. The van der Waals surface area contributed by atoms with Crippen molar-refractivity contribution >= 4 is 17.8 Å². The summed E-state index contributed by atoms with van der Waals surface area (Å²) in [4.78, 5) is 22.3. The fourth-order valence-electron chi connectivity index (χ4n) is 2.70. The van der Waals surface area contributed by atoms with Gasteiger partial charge >= 0.3 is 0 Å². The van der Waals surface area contributed by atoms with E-state index in [9.17, 15) is 14.9 Å². The Morgan fingerprint density at radius 2 is 1.79 bits per heavy atom. The lowest BCUT2D eigenvalue weighted by molar-refractivity contribution is -0.384. The number of nitrogens with one attached hydrogen (secondary N) is 1. The Kier molecular flexibility index (Phi) is 5.50. The molecule has 0 saturated heterocycles. The topological polar surface area (TPSA) is 98.8 Å². The molecule has 1 amide bonds. The molecule has 0 radical (unpaired) electrons. The minimum absolute atomic E-state index is 0.0761. The van der Waals surface area contributed by atoms with Crippen LogP contribution in [0.5, 0.6) is 5.75 Å². The monoisotopic (exact) mass is 378 g/mol. The first-order valence-corrected chi connectivity index (χ1v) is 8.40. The predicted octanol–water partition coefficient (Wildman–Crippen LogP) is 3.47. The van der Waals surface area contributed by atoms with E-state index in [0.29, 0.717) is 0 Å². The van der Waals surface area contributed by atoms with Crippen molar-refractivity contribution in [1.29, 1.82) is 0 Å². The lowest BCUT2D eigenvalue weighted by atomic mass is 10.2. The summed E-state index contributed by atoms with van der Waals surface area (Å²) in [5.41, 5.74) is 5.36. The molecule has 0 unspecified atom stereocenters. The lowest BCUT2D eigenvalue weighted by Crippen LogP contribution is -2.17. The molecule has 1 aromatic heterocycles. The van der Waals surface area contributed by atoms with E-state index < -0.39 is 10.8 Å². The van der Waals surface area contributed by atoms with E-state index in [0.717, 1.165) is 22.8 Å². The highest BCUT2D eigenvalue weighted by Gasteiger charge is 2.09. The van der Waals surface area contributed by atoms with Crippen LogP contribution in [-0.2, 0) is 0 Å². The van der Waals surface area contributed by atoms with Gasteiger partial charge in [-0.05, 0) is 55.5 Å². The molecule has 0 aliphatic rings. The Balaban J connectivity index is 1.74. The maximum Gasteiger partial charge on any atom is 0.271 e. The molecule has 2 aromatic carbocycles. The van der Waals surface area contributed by atoms with Crippen LogP contribution in [0.3, 0.4) is 0 Å². The molecule has 0 aliphatic heterocycles. The molecule has 1 N–H and O–H groups in total. The Hall–Kier alpha value is -3.94. The first kappa shape index (κ1) is 18.8. The second-order valence-corrected chi connectivity index (χ2v) is 5.94. The number of non-ortho nitro benzene ring substituents is 1. The van der Waals surface area contributed by atoms with Crippen LogP contribution in [-0.4, -0.2) is 28.7 Å². The van der Waals surface area contributed by atoms with Crippen LogP contribution in [0.25, 0.3) is 5.69 Å². The molecule has 0 fully saturated rings. The molecule has 0 spiro atoms. The number of nitrogens with zero attached hydrogens (tertiary/aromatic N) is 3. The molecule has 142 valence electrons. The van der Waals surface area contributed by atoms with Crippen molar-refractivity contribution in [3.05, 3.63) is 87.7 Å². The molecule has 0 bridgehead atoms. The second-order valence-electron chi connectivity index (χ2n) is 5.94. The number of rotatable bonds is 6. The number of benzene rings is 2. The van der Waals surface area contributed by atoms with Crippen LogP contribution in [0.2, 0.25) is 0 Å². The summed E-state index contributed by atoms with van der Waals surface area (Å²) in [6.07, 6.45) is 1.54. The molecule has 8 heteroatoms. The van der Waals surface area contributed by atoms with E-state index in [-0.39, 0.29) is 11.3 Å². The van der Waals surface area contributed by atoms with Gasteiger partial charge in [0, 0.05) is 29.1 Å². The van der Waals surface area contributed by atoms with Gasteiger partial charge in [-0.15, -0.1) is 0 Å². The van der Waals surface area contributed by atoms with Crippen LogP contribution >= 0.6 is 0 Å². The van der Waals surface area contributed by atoms with Crippen molar-refractivity contribution in [3.63, 3.8) is 0 Å². The number of carbonyl (C=O) groups excluding carboxylic acids is 1. The smallest absolute Gasteiger partial charge is 0.271 e. The molecular weight excluding hydrogens is 360 g/mol. The van der Waals surface area contributed by atoms with E-state index in [1.807, 2.05) is 47.9 Å². The summed E-state index contributed by atoms with van der Waals surface area (Å²) in [5.74, 6) is 0.310. The summed E-state index contributed by atoms with van der Waals surface area (Å²) < 4.78 is 7.17. The van der Waals surface area contributed by atoms with E-state index in [1.54, 1.807) is 13.3 Å². The summed E-state index contributed by atoms with van der Waals surface area (Å²) in [6.45, 7) is 1.97. The van der Waals surface area contributed by atoms with Crippen LogP contribution in [0.4, 0.5) is 5.69 Å². The number of nitro benzene ring substituents is 1. The number of nitro groups is 1. The number of hydrazone groups is 1. The first-order chi connectivity index (χ1) is 13.5. The largest absolute Gasteiger partial charge is 0.497 e. The van der Waals surface area contributed by atoms with Gasteiger partial charge in [-0.1, -0.05) is 0 Å². The number of methoxy groups -OCH3 is 1. The van der Waals surface area contributed by atoms with Gasteiger partial charge in [0.1, 0.15) is 5.75 Å². The highest BCUT2D eigenvalue weighted by atomic mass is 16.6. The normalized spacial score (nSPS) is 10.8. The molecule has 3 rings (SSSR count). The second kappa shape index (κ2) is 8.17. The Bertz CT molecular complexity index is 1020. The average Bonchev–Trinajstić information content (AvgIpc) is 3.08. The Morgan fingerprint density at radius 3 is 2.39 bits per heavy atom. The van der Waals surface area contributed by atoms with Gasteiger partial charge in [-0.3, -0.25) is 14.9 Å². The zero-order valence-corrected chi connectivity index (χ0v) is 15.3. The Labute approximate surface area is 161 Å². The maximum absolute atomic E-state index is 12.1. The zero-order chi connectivity index (χ0) is 20.1. The average molecular weight is 378 g/mol. The Morgan fingerprint density at radius 1 is 1.11 bits per heavy atom. The molecule has 8 nitrogen and oxygen atoms in total. The van der Waals surface area contributed by atoms with Crippen molar-refractivity contribution in [2.75, 3.05) is 7.11 Å². The number of hydrogen-bond acceptors (Lipinski definition) is 5. The summed E-state index contributed by atoms with van der Waals surface area (Å²) in [6, 6.07) is 16.7. The quantitative estimate of drug-likeness (QED) is 0.403. The van der Waals surface area contributed by atoms with Gasteiger partial charge in [0.25, 0.3) is 11.6 Å². The molecule has 0 saturated carbocycles. The third kappa shape index (κ3) is 4.07. The molecule has 1 heterocycles. The first-order valence-electron chi connectivity index (χ1n) is 8.40. The van der Waals surface area contributed by atoms with Gasteiger partial charge in [0.15, 0.2) is 0 Å². The number of aromatic nitrogens is 1. The SMILES string of the molecule is COc1ccc(-n2c(C)ccc2/C=N/NC(=O)c2ccc([N+](=O)[O-])cc2)cc1.